The second-order valence-electron chi connectivity index (χ2n) is 9.24. The largest absolute Gasteiger partial charge is 0.494 e. The van der Waals surface area contributed by atoms with Crippen molar-refractivity contribution in [1.29, 1.82) is 0 Å². The van der Waals surface area contributed by atoms with Gasteiger partial charge in [-0.15, -0.1) is 0 Å². The van der Waals surface area contributed by atoms with Crippen LogP contribution in [0.3, 0.4) is 0 Å². The van der Waals surface area contributed by atoms with Gasteiger partial charge in [-0.3, -0.25) is 4.79 Å². The summed E-state index contributed by atoms with van der Waals surface area (Å²) in [5, 5.41) is 21.2. The Balaban J connectivity index is 1.50. The van der Waals surface area contributed by atoms with Crippen LogP contribution in [-0.4, -0.2) is 40.7 Å². The van der Waals surface area contributed by atoms with Gasteiger partial charge in [-0.2, -0.15) is 0 Å². The molecule has 0 aliphatic heterocycles. The SMILES string of the molecule is CCCCCCCOc1ccc(C(=O)Oc2ccc(C[C@H](NC(=O)c3ccc(CO)cc3)C(=O)O)cc2)cc1. The van der Waals surface area contributed by atoms with E-state index in [-0.39, 0.29) is 13.0 Å². The fourth-order valence-electron chi connectivity index (χ4n) is 3.88. The second kappa shape index (κ2) is 15.3. The van der Waals surface area contributed by atoms with Crippen LogP contribution in [0, 0.1) is 0 Å². The monoisotopic (exact) mass is 533 g/mol. The molecule has 1 atom stereocenters. The highest BCUT2D eigenvalue weighted by Gasteiger charge is 2.21. The molecule has 0 fully saturated rings. The summed E-state index contributed by atoms with van der Waals surface area (Å²) < 4.78 is 11.2. The standard InChI is InChI=1S/C31H35NO7/c1-2-3-4-5-6-19-38-26-17-13-25(14-18-26)31(37)39-27-15-9-22(10-16-27)20-28(30(35)36)32-29(34)24-11-7-23(21-33)8-12-24/h7-18,28,33H,2-6,19-21H2,1H3,(H,32,34)(H,35,36)/t28-/m0/s1. The Morgan fingerprint density at radius 1 is 0.769 bits per heavy atom. The van der Waals surface area contributed by atoms with Gasteiger partial charge in [0.05, 0.1) is 18.8 Å². The van der Waals surface area contributed by atoms with E-state index in [1.165, 1.54) is 31.4 Å². The van der Waals surface area contributed by atoms with Crippen LogP contribution in [0.25, 0.3) is 0 Å². The minimum absolute atomic E-state index is 0.0457. The first-order chi connectivity index (χ1) is 18.9. The van der Waals surface area contributed by atoms with Gasteiger partial charge in [-0.25, -0.2) is 9.59 Å². The third-order valence-electron chi connectivity index (χ3n) is 6.18. The number of aliphatic carboxylic acids is 1. The van der Waals surface area contributed by atoms with Gasteiger partial charge in [0.25, 0.3) is 5.91 Å². The highest BCUT2D eigenvalue weighted by Crippen LogP contribution is 2.18. The van der Waals surface area contributed by atoms with Gasteiger partial charge in [-0.1, -0.05) is 56.9 Å². The predicted octanol–water partition coefficient (Wildman–Crippen LogP) is 5.17. The molecule has 3 aromatic carbocycles. The summed E-state index contributed by atoms with van der Waals surface area (Å²) in [7, 11) is 0. The van der Waals surface area contributed by atoms with Crippen LogP contribution < -0.4 is 14.8 Å². The molecule has 0 spiro atoms. The Morgan fingerprint density at radius 2 is 1.36 bits per heavy atom. The smallest absolute Gasteiger partial charge is 0.343 e. The molecule has 0 saturated heterocycles. The van der Waals surface area contributed by atoms with Gasteiger partial charge in [0.2, 0.25) is 0 Å². The van der Waals surface area contributed by atoms with E-state index in [0.29, 0.717) is 40.4 Å². The minimum Gasteiger partial charge on any atom is -0.494 e. The van der Waals surface area contributed by atoms with Crippen LogP contribution in [-0.2, 0) is 17.8 Å². The molecule has 206 valence electrons. The van der Waals surface area contributed by atoms with Crippen molar-refractivity contribution >= 4 is 17.8 Å². The van der Waals surface area contributed by atoms with Crippen LogP contribution in [0.2, 0.25) is 0 Å². The molecule has 1 amide bonds. The number of carboxylic acids is 1. The maximum absolute atomic E-state index is 12.5. The van der Waals surface area contributed by atoms with E-state index in [1.807, 2.05) is 0 Å². The molecule has 3 N–H and O–H groups in total. The maximum Gasteiger partial charge on any atom is 0.343 e. The van der Waals surface area contributed by atoms with Gasteiger partial charge in [0.1, 0.15) is 17.5 Å². The van der Waals surface area contributed by atoms with Gasteiger partial charge in [-0.05, 0) is 66.1 Å². The molecule has 0 unspecified atom stereocenters. The van der Waals surface area contributed by atoms with Crippen LogP contribution >= 0.6 is 0 Å². The Kier molecular flexibility index (Phi) is 11.5. The number of amides is 1. The Bertz CT molecular complexity index is 1210. The van der Waals surface area contributed by atoms with Crippen molar-refractivity contribution < 1.29 is 34.1 Å². The number of rotatable bonds is 15. The zero-order chi connectivity index (χ0) is 28.0. The molecule has 3 aromatic rings. The van der Waals surface area contributed by atoms with Crippen LogP contribution in [0.1, 0.15) is 70.9 Å². The molecular weight excluding hydrogens is 498 g/mol. The van der Waals surface area contributed by atoms with Crippen molar-refractivity contribution in [1.82, 2.24) is 5.32 Å². The first kappa shape index (κ1) is 29.4. The Labute approximate surface area is 228 Å². The molecule has 0 aromatic heterocycles. The number of esters is 1. The molecule has 39 heavy (non-hydrogen) atoms. The maximum atomic E-state index is 12.5. The number of carbonyl (C=O) groups is 3. The minimum atomic E-state index is -1.17. The van der Waals surface area contributed by atoms with E-state index in [1.54, 1.807) is 60.7 Å². The van der Waals surface area contributed by atoms with Crippen LogP contribution in [0.4, 0.5) is 0 Å². The number of nitrogens with one attached hydrogen (secondary N) is 1. The van der Waals surface area contributed by atoms with Crippen molar-refractivity contribution in [3.8, 4) is 11.5 Å². The van der Waals surface area contributed by atoms with E-state index in [9.17, 15) is 19.5 Å². The summed E-state index contributed by atoms with van der Waals surface area (Å²) in [5.41, 5.74) is 1.98. The molecule has 0 heterocycles. The van der Waals surface area contributed by atoms with Gasteiger partial charge < -0.3 is 25.0 Å². The van der Waals surface area contributed by atoms with Gasteiger partial charge >= 0.3 is 11.9 Å². The number of benzene rings is 3. The van der Waals surface area contributed by atoms with Gasteiger partial charge in [0.15, 0.2) is 0 Å². The molecule has 0 aliphatic carbocycles. The third kappa shape index (κ3) is 9.57. The van der Waals surface area contributed by atoms with E-state index < -0.39 is 23.9 Å². The van der Waals surface area contributed by atoms with E-state index in [4.69, 9.17) is 14.6 Å². The lowest BCUT2D eigenvalue weighted by atomic mass is 10.0. The van der Waals surface area contributed by atoms with Crippen molar-refractivity contribution in [2.45, 2.75) is 58.1 Å². The fourth-order valence-corrected chi connectivity index (χ4v) is 3.88. The number of hydrogen-bond donors (Lipinski definition) is 3. The number of aliphatic hydroxyl groups is 1. The summed E-state index contributed by atoms with van der Waals surface area (Å²) in [6, 6.07) is 18.4. The number of hydrogen-bond acceptors (Lipinski definition) is 6. The average molecular weight is 534 g/mol. The summed E-state index contributed by atoms with van der Waals surface area (Å²) in [5.74, 6) is -1.20. The lowest BCUT2D eigenvalue weighted by Crippen LogP contribution is -2.42. The summed E-state index contributed by atoms with van der Waals surface area (Å²) in [6.07, 6.45) is 5.84. The third-order valence-corrected chi connectivity index (χ3v) is 6.18. The first-order valence-corrected chi connectivity index (χ1v) is 13.2. The summed E-state index contributed by atoms with van der Waals surface area (Å²) in [6.45, 7) is 2.68. The zero-order valence-corrected chi connectivity index (χ0v) is 22.1. The van der Waals surface area contributed by atoms with Crippen LogP contribution in [0.5, 0.6) is 11.5 Å². The quantitative estimate of drug-likeness (QED) is 0.140. The highest BCUT2D eigenvalue weighted by molar-refractivity contribution is 5.96. The summed E-state index contributed by atoms with van der Waals surface area (Å²) >= 11 is 0. The Hall–Kier alpha value is -4.17. The zero-order valence-electron chi connectivity index (χ0n) is 22.1. The lowest BCUT2D eigenvalue weighted by molar-refractivity contribution is -0.139. The van der Waals surface area contributed by atoms with Crippen molar-refractivity contribution in [3.63, 3.8) is 0 Å². The fraction of sp³-hybridized carbons (Fsp3) is 0.323. The first-order valence-electron chi connectivity index (χ1n) is 13.2. The second-order valence-corrected chi connectivity index (χ2v) is 9.24. The normalized spacial score (nSPS) is 11.4. The summed E-state index contributed by atoms with van der Waals surface area (Å²) in [4.78, 5) is 36.8. The lowest BCUT2D eigenvalue weighted by Gasteiger charge is -2.15. The number of carboxylic acid groups (broad SMARTS) is 1. The van der Waals surface area contributed by atoms with Crippen molar-refractivity contribution in [2.75, 3.05) is 6.61 Å². The molecule has 0 radical (unpaired) electrons. The molecule has 8 nitrogen and oxygen atoms in total. The van der Waals surface area contributed by atoms with Crippen molar-refractivity contribution in [2.24, 2.45) is 0 Å². The predicted molar refractivity (Wildman–Crippen MR) is 147 cm³/mol. The van der Waals surface area contributed by atoms with E-state index in [2.05, 4.69) is 12.2 Å². The number of unbranched alkanes of at least 4 members (excludes halogenated alkanes) is 4. The molecular formula is C31H35NO7. The number of aliphatic hydroxyl groups excluding tert-OH is 1. The molecule has 3 rings (SSSR count). The Morgan fingerprint density at radius 3 is 1.97 bits per heavy atom. The van der Waals surface area contributed by atoms with Crippen LogP contribution in [0.15, 0.2) is 72.8 Å². The number of ether oxygens (including phenoxy) is 2. The topological polar surface area (TPSA) is 122 Å². The average Bonchev–Trinajstić information content (AvgIpc) is 2.95. The van der Waals surface area contributed by atoms with Gasteiger partial charge in [0, 0.05) is 12.0 Å². The van der Waals surface area contributed by atoms with E-state index in [0.717, 1.165) is 12.8 Å². The highest BCUT2D eigenvalue weighted by atomic mass is 16.5. The molecule has 0 bridgehead atoms. The molecule has 8 heteroatoms. The van der Waals surface area contributed by atoms with E-state index >= 15 is 0 Å². The molecule has 0 aliphatic rings. The molecule has 0 saturated carbocycles. The number of carbonyl (C=O) groups excluding carboxylic acids is 2. The van der Waals surface area contributed by atoms with Crippen molar-refractivity contribution in [3.05, 3.63) is 95.1 Å².